The largest absolute Gasteiger partial charge is 0.459 e. The van der Waals surface area contributed by atoms with Gasteiger partial charge in [-0.05, 0) is 72.7 Å². The van der Waals surface area contributed by atoms with Gasteiger partial charge < -0.3 is 14.6 Å². The minimum Gasteiger partial charge on any atom is -0.459 e. The third kappa shape index (κ3) is 4.12. The first-order chi connectivity index (χ1) is 16.1. The number of aromatic nitrogens is 1. The van der Waals surface area contributed by atoms with Gasteiger partial charge in [0.2, 0.25) is 0 Å². The molecule has 1 saturated heterocycles. The fourth-order valence-corrected chi connectivity index (χ4v) is 4.90. The SMILES string of the molecule is CCc1ccc(N2C(=S)N[C@@H](c3ccccn3)[C@H]2c2ccc(-c3cccc(Cl)c3Cl)o2)cc1. The van der Waals surface area contributed by atoms with E-state index in [1.807, 2.05) is 42.5 Å². The highest BCUT2D eigenvalue weighted by atomic mass is 35.5. The number of thiocarbonyl (C=S) groups is 1. The number of nitrogens with one attached hydrogen (secondary N) is 1. The normalized spacial score (nSPS) is 17.9. The number of pyridine rings is 1. The Morgan fingerprint density at radius 2 is 1.82 bits per heavy atom. The summed E-state index contributed by atoms with van der Waals surface area (Å²) in [6.07, 6.45) is 2.76. The van der Waals surface area contributed by atoms with E-state index in [1.54, 1.807) is 12.3 Å². The maximum Gasteiger partial charge on any atom is 0.174 e. The molecule has 1 N–H and O–H groups in total. The smallest absolute Gasteiger partial charge is 0.174 e. The number of furan rings is 1. The first kappa shape index (κ1) is 22.0. The van der Waals surface area contributed by atoms with E-state index >= 15 is 0 Å². The number of hydrogen-bond donors (Lipinski definition) is 1. The third-order valence-electron chi connectivity index (χ3n) is 5.86. The quantitative estimate of drug-likeness (QED) is 0.293. The Kier molecular flexibility index (Phi) is 6.11. The second kappa shape index (κ2) is 9.18. The van der Waals surface area contributed by atoms with Crippen LogP contribution in [0.5, 0.6) is 0 Å². The zero-order valence-corrected chi connectivity index (χ0v) is 20.2. The van der Waals surface area contributed by atoms with Crippen molar-refractivity contribution in [1.29, 1.82) is 0 Å². The van der Waals surface area contributed by atoms with Crippen molar-refractivity contribution in [3.63, 3.8) is 0 Å². The molecule has 2 atom stereocenters. The summed E-state index contributed by atoms with van der Waals surface area (Å²) in [4.78, 5) is 6.68. The summed E-state index contributed by atoms with van der Waals surface area (Å²) < 4.78 is 6.37. The number of hydrogen-bond acceptors (Lipinski definition) is 3. The molecule has 4 aromatic rings. The molecular formula is C26H21Cl2N3OS. The average molecular weight is 494 g/mol. The molecule has 33 heavy (non-hydrogen) atoms. The molecule has 2 aromatic carbocycles. The summed E-state index contributed by atoms with van der Waals surface area (Å²) in [7, 11) is 0. The number of nitrogens with zero attached hydrogens (tertiary/aromatic N) is 2. The molecule has 0 amide bonds. The first-order valence-corrected chi connectivity index (χ1v) is 11.9. The number of anilines is 1. The highest BCUT2D eigenvalue weighted by Gasteiger charge is 2.42. The molecule has 1 aliphatic rings. The van der Waals surface area contributed by atoms with Crippen molar-refractivity contribution >= 4 is 46.2 Å². The van der Waals surface area contributed by atoms with E-state index in [9.17, 15) is 0 Å². The van der Waals surface area contributed by atoms with Gasteiger partial charge in [0.25, 0.3) is 0 Å². The highest BCUT2D eigenvalue weighted by molar-refractivity contribution is 7.80. The van der Waals surface area contributed by atoms with Crippen molar-refractivity contribution < 1.29 is 4.42 Å². The Morgan fingerprint density at radius 1 is 1.00 bits per heavy atom. The molecule has 0 saturated carbocycles. The molecule has 0 bridgehead atoms. The molecule has 0 spiro atoms. The van der Waals surface area contributed by atoms with Crippen molar-refractivity contribution in [2.45, 2.75) is 25.4 Å². The molecular weight excluding hydrogens is 473 g/mol. The predicted octanol–water partition coefficient (Wildman–Crippen LogP) is 7.39. The highest BCUT2D eigenvalue weighted by Crippen LogP contribution is 2.44. The fraction of sp³-hybridized carbons (Fsp3) is 0.154. The van der Waals surface area contributed by atoms with Crippen LogP contribution in [-0.2, 0) is 6.42 Å². The second-order valence-corrected chi connectivity index (χ2v) is 8.99. The minimum absolute atomic E-state index is 0.182. The Morgan fingerprint density at radius 3 is 2.55 bits per heavy atom. The topological polar surface area (TPSA) is 41.3 Å². The molecule has 0 aliphatic carbocycles. The molecule has 1 aliphatic heterocycles. The lowest BCUT2D eigenvalue weighted by Gasteiger charge is -2.26. The number of rotatable bonds is 5. The Hall–Kier alpha value is -2.86. The molecule has 3 heterocycles. The standard InChI is InChI=1S/C26H21Cl2N3OS/c1-2-16-9-11-17(12-10-16)31-25(24(30-26(31)33)20-8-3-4-15-29-20)22-14-13-21(32-22)18-6-5-7-19(27)23(18)28/h3-15,24-25H,2H2,1H3,(H,30,33)/t24-,25+/m0/s1. The van der Waals surface area contributed by atoms with E-state index in [1.165, 1.54) is 5.56 Å². The van der Waals surface area contributed by atoms with E-state index in [-0.39, 0.29) is 12.1 Å². The molecule has 4 nitrogen and oxygen atoms in total. The zero-order valence-electron chi connectivity index (χ0n) is 17.8. The van der Waals surface area contributed by atoms with Gasteiger partial charge in [-0.15, -0.1) is 0 Å². The lowest BCUT2D eigenvalue weighted by atomic mass is 10.0. The number of benzene rings is 2. The van der Waals surface area contributed by atoms with E-state index in [2.05, 4.69) is 46.4 Å². The van der Waals surface area contributed by atoms with Crippen LogP contribution in [0.2, 0.25) is 10.0 Å². The molecule has 0 unspecified atom stereocenters. The van der Waals surface area contributed by atoms with Crippen LogP contribution < -0.4 is 10.2 Å². The van der Waals surface area contributed by atoms with Gasteiger partial charge in [-0.2, -0.15) is 0 Å². The van der Waals surface area contributed by atoms with E-state index < -0.39 is 0 Å². The van der Waals surface area contributed by atoms with Crippen LogP contribution in [0.1, 0.15) is 36.0 Å². The summed E-state index contributed by atoms with van der Waals surface area (Å²) in [6.45, 7) is 2.14. The maximum atomic E-state index is 6.45. The molecule has 7 heteroatoms. The minimum atomic E-state index is -0.230. The van der Waals surface area contributed by atoms with Gasteiger partial charge in [-0.3, -0.25) is 4.98 Å². The summed E-state index contributed by atoms with van der Waals surface area (Å²) in [5.74, 6) is 1.40. The van der Waals surface area contributed by atoms with E-state index in [4.69, 9.17) is 39.8 Å². The van der Waals surface area contributed by atoms with Crippen molar-refractivity contribution in [2.24, 2.45) is 0 Å². The van der Waals surface area contributed by atoms with Crippen LogP contribution in [0.15, 0.2) is 83.4 Å². The summed E-state index contributed by atoms with van der Waals surface area (Å²) in [6, 6.07) is 23.3. The third-order valence-corrected chi connectivity index (χ3v) is 6.99. The lowest BCUT2D eigenvalue weighted by molar-refractivity contribution is 0.439. The molecule has 5 rings (SSSR count). The van der Waals surface area contributed by atoms with Crippen LogP contribution >= 0.6 is 35.4 Å². The number of halogens is 2. The van der Waals surface area contributed by atoms with Gasteiger partial charge in [0.05, 0.1) is 21.8 Å². The summed E-state index contributed by atoms with van der Waals surface area (Å²) in [5.41, 5.74) is 3.89. The summed E-state index contributed by atoms with van der Waals surface area (Å²) >= 11 is 18.5. The van der Waals surface area contributed by atoms with Crippen LogP contribution in [0.3, 0.4) is 0 Å². The van der Waals surface area contributed by atoms with Gasteiger partial charge in [-0.1, -0.05) is 54.4 Å². The molecule has 166 valence electrons. The number of aryl methyl sites for hydroxylation is 1. The Bertz CT molecular complexity index is 1290. The van der Waals surface area contributed by atoms with Gasteiger partial charge in [-0.25, -0.2) is 0 Å². The van der Waals surface area contributed by atoms with Crippen molar-refractivity contribution in [1.82, 2.24) is 10.3 Å². The molecule has 1 fully saturated rings. The zero-order chi connectivity index (χ0) is 22.9. The molecule has 0 radical (unpaired) electrons. The van der Waals surface area contributed by atoms with Crippen LogP contribution in [0, 0.1) is 0 Å². The van der Waals surface area contributed by atoms with Crippen molar-refractivity contribution in [3.05, 3.63) is 106 Å². The Balaban J connectivity index is 1.60. The lowest BCUT2D eigenvalue weighted by Crippen LogP contribution is -2.29. The fourth-order valence-electron chi connectivity index (χ4n) is 4.16. The van der Waals surface area contributed by atoms with E-state index in [0.29, 0.717) is 20.9 Å². The van der Waals surface area contributed by atoms with E-state index in [0.717, 1.165) is 29.1 Å². The van der Waals surface area contributed by atoms with Crippen LogP contribution in [0.4, 0.5) is 5.69 Å². The first-order valence-electron chi connectivity index (χ1n) is 10.7. The van der Waals surface area contributed by atoms with Gasteiger partial charge in [0.15, 0.2) is 5.11 Å². The maximum absolute atomic E-state index is 6.45. The second-order valence-electron chi connectivity index (χ2n) is 7.82. The average Bonchev–Trinajstić information content (AvgIpc) is 3.46. The summed E-state index contributed by atoms with van der Waals surface area (Å²) in [5, 5.41) is 5.03. The van der Waals surface area contributed by atoms with Gasteiger partial charge >= 0.3 is 0 Å². The van der Waals surface area contributed by atoms with Crippen LogP contribution in [0.25, 0.3) is 11.3 Å². The van der Waals surface area contributed by atoms with Gasteiger partial charge in [0.1, 0.15) is 17.6 Å². The Labute approximate surface area is 208 Å². The molecule has 2 aromatic heterocycles. The van der Waals surface area contributed by atoms with Gasteiger partial charge in [0, 0.05) is 17.4 Å². The monoisotopic (exact) mass is 493 g/mol. The van der Waals surface area contributed by atoms with Crippen LogP contribution in [-0.4, -0.2) is 10.1 Å². The predicted molar refractivity (Wildman–Crippen MR) is 138 cm³/mol. The van der Waals surface area contributed by atoms with Crippen molar-refractivity contribution in [3.8, 4) is 11.3 Å². The van der Waals surface area contributed by atoms with Crippen molar-refractivity contribution in [2.75, 3.05) is 4.90 Å².